The zero-order chi connectivity index (χ0) is 22.1. The number of hydrogen-bond donors (Lipinski definition) is 5. The highest BCUT2D eigenvalue weighted by Gasteiger charge is 2.44. The molecule has 0 rings (SSSR count). The molecule has 0 fully saturated rings. The van der Waals surface area contributed by atoms with Crippen molar-refractivity contribution >= 4 is 23.6 Å². The summed E-state index contributed by atoms with van der Waals surface area (Å²) in [4.78, 5) is 51.5. The van der Waals surface area contributed by atoms with Gasteiger partial charge in [-0.25, -0.2) is 5.48 Å². The van der Waals surface area contributed by atoms with Crippen molar-refractivity contribution in [2.45, 2.75) is 66.0 Å². The first-order valence-corrected chi connectivity index (χ1v) is 9.50. The number of carbonyl (C=O) groups is 4. The van der Waals surface area contributed by atoms with E-state index in [4.69, 9.17) is 16.7 Å². The van der Waals surface area contributed by atoms with Crippen molar-refractivity contribution in [3.63, 3.8) is 0 Å². The third-order valence-electron chi connectivity index (χ3n) is 4.84. The Morgan fingerprint density at radius 3 is 2.18 bits per heavy atom. The molecule has 0 heterocycles. The van der Waals surface area contributed by atoms with Gasteiger partial charge in [-0.1, -0.05) is 27.2 Å². The molecule has 0 spiro atoms. The van der Waals surface area contributed by atoms with Gasteiger partial charge in [-0.05, 0) is 20.3 Å². The van der Waals surface area contributed by atoms with Crippen LogP contribution in [0.25, 0.3) is 0 Å². The zero-order valence-corrected chi connectivity index (χ0v) is 17.4. The molecule has 7 N–H and O–H groups in total. The van der Waals surface area contributed by atoms with E-state index in [9.17, 15) is 19.2 Å². The molecule has 0 saturated carbocycles. The lowest BCUT2D eigenvalue weighted by molar-refractivity contribution is -0.161. The van der Waals surface area contributed by atoms with Gasteiger partial charge in [0.1, 0.15) is 6.04 Å². The van der Waals surface area contributed by atoms with Gasteiger partial charge in [-0.15, -0.1) is 0 Å². The maximum atomic E-state index is 13.4. The minimum absolute atomic E-state index is 0.196. The molecule has 162 valence electrons. The first-order chi connectivity index (χ1) is 13.0. The van der Waals surface area contributed by atoms with E-state index in [1.54, 1.807) is 13.8 Å². The van der Waals surface area contributed by atoms with Crippen LogP contribution in [0, 0.1) is 11.3 Å². The number of hydrogen-bond acceptors (Lipinski definition) is 7. The standard InChI is InChI=1S/C18H35N5O5/c1-6-7-18(5,10-14(24)22-28)17(27)23(16(26)11(2)12(3)20)13(4)15(25)21-9-8-19/h11-13,28H,6-10,19-20H2,1-5H3,(H,21,25)(H,22,24)/t11?,12?,13-,18?/m0/s1. The first kappa shape index (κ1) is 26.0. The van der Waals surface area contributed by atoms with E-state index in [1.165, 1.54) is 19.3 Å². The summed E-state index contributed by atoms with van der Waals surface area (Å²) in [6.07, 6.45) is 0.510. The van der Waals surface area contributed by atoms with Gasteiger partial charge in [0.05, 0.1) is 11.3 Å². The number of amides is 4. The van der Waals surface area contributed by atoms with Crippen molar-refractivity contribution in [2.75, 3.05) is 13.1 Å². The van der Waals surface area contributed by atoms with E-state index < -0.39 is 47.0 Å². The molecule has 0 aromatic rings. The van der Waals surface area contributed by atoms with Gasteiger partial charge in [0, 0.05) is 25.6 Å². The van der Waals surface area contributed by atoms with E-state index in [2.05, 4.69) is 5.32 Å². The second-order valence-corrected chi connectivity index (χ2v) is 7.44. The van der Waals surface area contributed by atoms with E-state index in [-0.39, 0.29) is 25.9 Å². The van der Waals surface area contributed by atoms with Gasteiger partial charge in [-0.3, -0.25) is 29.3 Å². The van der Waals surface area contributed by atoms with Crippen LogP contribution in [0.1, 0.15) is 53.9 Å². The summed E-state index contributed by atoms with van der Waals surface area (Å²) in [5, 5.41) is 11.4. The summed E-state index contributed by atoms with van der Waals surface area (Å²) in [6, 6.07) is -1.65. The van der Waals surface area contributed by atoms with E-state index >= 15 is 0 Å². The monoisotopic (exact) mass is 401 g/mol. The topological polar surface area (TPSA) is 168 Å². The van der Waals surface area contributed by atoms with Crippen LogP contribution in [0.5, 0.6) is 0 Å². The number of nitrogens with two attached hydrogens (primary N) is 2. The van der Waals surface area contributed by atoms with Gasteiger partial charge in [0.15, 0.2) is 0 Å². The van der Waals surface area contributed by atoms with Crippen LogP contribution in [0.15, 0.2) is 0 Å². The average molecular weight is 402 g/mol. The Morgan fingerprint density at radius 2 is 1.75 bits per heavy atom. The minimum Gasteiger partial charge on any atom is -0.353 e. The normalized spacial score (nSPS) is 16.3. The lowest BCUT2D eigenvalue weighted by Crippen LogP contribution is -2.58. The third kappa shape index (κ3) is 6.84. The van der Waals surface area contributed by atoms with Crippen molar-refractivity contribution in [3.8, 4) is 0 Å². The van der Waals surface area contributed by atoms with Crippen molar-refractivity contribution in [1.29, 1.82) is 0 Å². The predicted molar refractivity (Wildman–Crippen MR) is 104 cm³/mol. The Hall–Kier alpha value is -2.04. The number of imide groups is 1. The second kappa shape index (κ2) is 11.7. The predicted octanol–water partition coefficient (Wildman–Crippen LogP) is -0.510. The molecule has 10 nitrogen and oxygen atoms in total. The van der Waals surface area contributed by atoms with Crippen LogP contribution < -0.4 is 22.3 Å². The van der Waals surface area contributed by atoms with Crippen molar-refractivity contribution in [3.05, 3.63) is 0 Å². The summed E-state index contributed by atoms with van der Waals surface area (Å²) in [5.41, 5.74) is 11.5. The number of nitrogens with one attached hydrogen (secondary N) is 2. The molecule has 0 radical (unpaired) electrons. The van der Waals surface area contributed by atoms with Crippen LogP contribution in [-0.2, 0) is 19.2 Å². The smallest absolute Gasteiger partial charge is 0.244 e. The molecule has 0 aromatic carbocycles. The molecule has 0 aliphatic heterocycles. The molecule has 4 atom stereocenters. The van der Waals surface area contributed by atoms with Crippen LogP contribution in [0.4, 0.5) is 0 Å². The fourth-order valence-electron chi connectivity index (χ4n) is 2.88. The second-order valence-electron chi connectivity index (χ2n) is 7.44. The molecule has 10 heteroatoms. The van der Waals surface area contributed by atoms with Gasteiger partial charge >= 0.3 is 0 Å². The van der Waals surface area contributed by atoms with Crippen molar-refractivity contribution < 1.29 is 24.4 Å². The highest BCUT2D eigenvalue weighted by molar-refractivity contribution is 6.04. The summed E-state index contributed by atoms with van der Waals surface area (Å²) in [5.74, 6) is -3.26. The lowest BCUT2D eigenvalue weighted by atomic mass is 9.79. The largest absolute Gasteiger partial charge is 0.353 e. The molecule has 0 saturated heterocycles. The fraction of sp³-hybridized carbons (Fsp3) is 0.778. The number of hydroxylamine groups is 1. The van der Waals surface area contributed by atoms with Crippen LogP contribution in [0.3, 0.4) is 0 Å². The minimum atomic E-state index is -1.28. The Labute approximate surface area is 166 Å². The van der Waals surface area contributed by atoms with Crippen molar-refractivity contribution in [2.24, 2.45) is 22.8 Å². The molecule has 4 amide bonds. The maximum absolute atomic E-state index is 13.4. The van der Waals surface area contributed by atoms with E-state index in [0.29, 0.717) is 6.42 Å². The average Bonchev–Trinajstić information content (AvgIpc) is 2.64. The Kier molecular flexibility index (Phi) is 10.9. The van der Waals surface area contributed by atoms with Crippen LogP contribution >= 0.6 is 0 Å². The van der Waals surface area contributed by atoms with Gasteiger partial charge in [0.2, 0.25) is 23.6 Å². The summed E-state index contributed by atoms with van der Waals surface area (Å²) in [7, 11) is 0. The Bertz CT molecular complexity index is 569. The summed E-state index contributed by atoms with van der Waals surface area (Å²) < 4.78 is 0. The third-order valence-corrected chi connectivity index (χ3v) is 4.84. The molecule has 0 aliphatic rings. The molecule has 28 heavy (non-hydrogen) atoms. The molecule has 3 unspecified atom stereocenters. The fourth-order valence-corrected chi connectivity index (χ4v) is 2.88. The SMILES string of the molecule is CCCC(C)(CC(=O)NO)C(=O)N(C(=O)C(C)C(C)N)[C@@H](C)C(=O)NCCN. The highest BCUT2D eigenvalue weighted by Crippen LogP contribution is 2.32. The van der Waals surface area contributed by atoms with E-state index in [0.717, 1.165) is 4.90 Å². The first-order valence-electron chi connectivity index (χ1n) is 9.50. The maximum Gasteiger partial charge on any atom is 0.244 e. The Morgan fingerprint density at radius 1 is 1.18 bits per heavy atom. The zero-order valence-electron chi connectivity index (χ0n) is 17.4. The lowest BCUT2D eigenvalue weighted by Gasteiger charge is -2.37. The summed E-state index contributed by atoms with van der Waals surface area (Å²) >= 11 is 0. The molecule has 0 aromatic heterocycles. The van der Waals surface area contributed by atoms with Gasteiger partial charge < -0.3 is 16.8 Å². The quantitative estimate of drug-likeness (QED) is 0.229. The van der Waals surface area contributed by atoms with E-state index in [1.807, 2.05) is 6.92 Å². The number of nitrogens with zero attached hydrogens (tertiary/aromatic N) is 1. The van der Waals surface area contributed by atoms with Crippen molar-refractivity contribution in [1.82, 2.24) is 15.7 Å². The molecule has 0 bridgehead atoms. The van der Waals surface area contributed by atoms with Crippen LogP contribution in [0.2, 0.25) is 0 Å². The summed E-state index contributed by atoms with van der Waals surface area (Å²) in [6.45, 7) is 8.42. The Balaban J connectivity index is 6.03. The van der Waals surface area contributed by atoms with Gasteiger partial charge in [-0.2, -0.15) is 0 Å². The van der Waals surface area contributed by atoms with Crippen LogP contribution in [-0.4, -0.2) is 58.9 Å². The molecular weight excluding hydrogens is 366 g/mol. The number of carbonyl (C=O) groups excluding carboxylic acids is 4. The highest BCUT2D eigenvalue weighted by atomic mass is 16.5. The molecular formula is C18H35N5O5. The molecule has 0 aliphatic carbocycles. The van der Waals surface area contributed by atoms with Gasteiger partial charge in [0.25, 0.3) is 0 Å². The number of rotatable bonds is 11.